The predicted octanol–water partition coefficient (Wildman–Crippen LogP) is 2.39. The Morgan fingerprint density at radius 3 is 2.84 bits per heavy atom. The molecule has 1 saturated carbocycles. The van der Waals surface area contributed by atoms with Gasteiger partial charge in [-0.3, -0.25) is 4.72 Å². The van der Waals surface area contributed by atoms with Crippen LogP contribution in [0.5, 0.6) is 5.75 Å². The number of fused-ring (bicyclic) bond motifs is 1. The maximum atomic E-state index is 11.4. The fourth-order valence-corrected chi connectivity index (χ4v) is 3.21. The van der Waals surface area contributed by atoms with Gasteiger partial charge in [0.15, 0.2) is 12.5 Å². The van der Waals surface area contributed by atoms with Crippen LogP contribution in [-0.4, -0.2) is 27.9 Å². The van der Waals surface area contributed by atoms with E-state index in [1.54, 1.807) is 6.07 Å². The van der Waals surface area contributed by atoms with E-state index in [-0.39, 0.29) is 0 Å². The summed E-state index contributed by atoms with van der Waals surface area (Å²) in [6.45, 7) is 1.46. The molecular formula is C12H15BrN2O3S. The van der Waals surface area contributed by atoms with Crippen LogP contribution in [-0.2, 0) is 10.0 Å². The standard InChI is InChI=1S/C12H15BrN2O3S/c1-19(16,17)14-10-4-9(13)5-11-12(10)18-7-15(11)6-8-2-3-8/h4-5,8,14H,2-3,6-7H2,1H3. The molecule has 104 valence electrons. The molecule has 0 bridgehead atoms. The second-order valence-electron chi connectivity index (χ2n) is 5.12. The molecule has 0 atom stereocenters. The van der Waals surface area contributed by atoms with Crippen LogP contribution >= 0.6 is 15.9 Å². The maximum absolute atomic E-state index is 11.4. The number of nitrogens with zero attached hydrogens (tertiary/aromatic N) is 1. The number of sulfonamides is 1. The molecule has 7 heteroatoms. The minimum Gasteiger partial charge on any atom is -0.469 e. The van der Waals surface area contributed by atoms with Crippen LogP contribution in [0.1, 0.15) is 12.8 Å². The maximum Gasteiger partial charge on any atom is 0.229 e. The third-order valence-corrected chi connectivity index (χ3v) is 4.26. The van der Waals surface area contributed by atoms with E-state index in [0.29, 0.717) is 18.2 Å². The molecule has 19 heavy (non-hydrogen) atoms. The van der Waals surface area contributed by atoms with Crippen molar-refractivity contribution in [3.8, 4) is 5.75 Å². The molecule has 0 unspecified atom stereocenters. The molecule has 3 rings (SSSR count). The number of hydrogen-bond donors (Lipinski definition) is 1. The molecule has 1 aliphatic carbocycles. The lowest BCUT2D eigenvalue weighted by Gasteiger charge is -2.16. The van der Waals surface area contributed by atoms with Gasteiger partial charge < -0.3 is 9.64 Å². The average molecular weight is 347 g/mol. The van der Waals surface area contributed by atoms with Gasteiger partial charge in [-0.25, -0.2) is 8.42 Å². The van der Waals surface area contributed by atoms with Crippen molar-refractivity contribution in [3.63, 3.8) is 0 Å². The Balaban J connectivity index is 1.94. The zero-order chi connectivity index (χ0) is 13.6. The fraction of sp³-hybridized carbons (Fsp3) is 0.500. The molecule has 1 fully saturated rings. The van der Waals surface area contributed by atoms with Crippen LogP contribution in [0.2, 0.25) is 0 Å². The van der Waals surface area contributed by atoms with Gasteiger partial charge in [-0.15, -0.1) is 0 Å². The number of rotatable bonds is 4. The Morgan fingerprint density at radius 1 is 1.47 bits per heavy atom. The molecule has 2 aliphatic rings. The number of nitrogens with one attached hydrogen (secondary N) is 1. The van der Waals surface area contributed by atoms with Crippen LogP contribution in [0.4, 0.5) is 11.4 Å². The third-order valence-electron chi connectivity index (χ3n) is 3.21. The number of benzene rings is 1. The molecule has 0 radical (unpaired) electrons. The normalized spacial score (nSPS) is 18.1. The van der Waals surface area contributed by atoms with Gasteiger partial charge in [0.05, 0.1) is 17.6 Å². The second kappa shape index (κ2) is 4.56. The Kier molecular flexibility index (Phi) is 3.13. The lowest BCUT2D eigenvalue weighted by molar-refractivity contribution is 0.346. The van der Waals surface area contributed by atoms with Gasteiger partial charge in [0.2, 0.25) is 10.0 Å². The first-order chi connectivity index (χ1) is 8.92. The van der Waals surface area contributed by atoms with E-state index >= 15 is 0 Å². The minimum absolute atomic E-state index is 0.487. The largest absolute Gasteiger partial charge is 0.469 e. The van der Waals surface area contributed by atoms with Crippen molar-refractivity contribution in [2.75, 3.05) is 29.2 Å². The van der Waals surface area contributed by atoms with E-state index in [0.717, 1.165) is 28.9 Å². The van der Waals surface area contributed by atoms with Crippen LogP contribution < -0.4 is 14.4 Å². The van der Waals surface area contributed by atoms with Gasteiger partial charge >= 0.3 is 0 Å². The van der Waals surface area contributed by atoms with Gasteiger partial charge in [0.1, 0.15) is 0 Å². The molecule has 1 aliphatic heterocycles. The van der Waals surface area contributed by atoms with Crippen LogP contribution in [0.3, 0.4) is 0 Å². The molecule has 5 nitrogen and oxygen atoms in total. The fourth-order valence-electron chi connectivity index (χ4n) is 2.22. The lowest BCUT2D eigenvalue weighted by atomic mass is 10.2. The molecule has 1 heterocycles. The summed E-state index contributed by atoms with van der Waals surface area (Å²) in [7, 11) is -3.31. The lowest BCUT2D eigenvalue weighted by Crippen LogP contribution is -2.24. The van der Waals surface area contributed by atoms with Crippen molar-refractivity contribution >= 4 is 37.3 Å². The van der Waals surface area contributed by atoms with E-state index < -0.39 is 10.0 Å². The molecule has 1 aromatic rings. The first-order valence-electron chi connectivity index (χ1n) is 6.11. The molecule has 1 N–H and O–H groups in total. The summed E-state index contributed by atoms with van der Waals surface area (Å²) in [5.74, 6) is 1.37. The summed E-state index contributed by atoms with van der Waals surface area (Å²) < 4.78 is 31.8. The SMILES string of the molecule is CS(=O)(=O)Nc1cc(Br)cc2c1OCN2CC1CC1. The van der Waals surface area contributed by atoms with Crippen molar-refractivity contribution in [3.05, 3.63) is 16.6 Å². The van der Waals surface area contributed by atoms with Crippen molar-refractivity contribution < 1.29 is 13.2 Å². The zero-order valence-electron chi connectivity index (χ0n) is 10.5. The predicted molar refractivity (Wildman–Crippen MR) is 78.2 cm³/mol. The van der Waals surface area contributed by atoms with E-state index in [2.05, 4.69) is 25.6 Å². The summed E-state index contributed by atoms with van der Waals surface area (Å²) in [4.78, 5) is 2.16. The summed E-state index contributed by atoms with van der Waals surface area (Å²) in [6, 6.07) is 3.69. The molecule has 0 aromatic heterocycles. The van der Waals surface area contributed by atoms with Gasteiger partial charge in [-0.2, -0.15) is 0 Å². The van der Waals surface area contributed by atoms with E-state index in [1.165, 1.54) is 12.8 Å². The topological polar surface area (TPSA) is 58.6 Å². The number of hydrogen-bond acceptors (Lipinski definition) is 4. The van der Waals surface area contributed by atoms with Crippen LogP contribution in [0.25, 0.3) is 0 Å². The van der Waals surface area contributed by atoms with Crippen molar-refractivity contribution in [1.29, 1.82) is 0 Å². The quantitative estimate of drug-likeness (QED) is 0.909. The second-order valence-corrected chi connectivity index (χ2v) is 7.78. The molecule has 0 amide bonds. The van der Waals surface area contributed by atoms with Crippen LogP contribution in [0, 0.1) is 5.92 Å². The first-order valence-corrected chi connectivity index (χ1v) is 8.80. The molecule has 0 saturated heterocycles. The summed E-state index contributed by atoms with van der Waals surface area (Å²) in [6.07, 6.45) is 3.68. The molecule has 1 aromatic carbocycles. The van der Waals surface area contributed by atoms with Gasteiger partial charge in [-0.05, 0) is 30.9 Å². The Morgan fingerprint density at radius 2 is 2.21 bits per heavy atom. The monoisotopic (exact) mass is 346 g/mol. The van der Waals surface area contributed by atoms with Crippen molar-refractivity contribution in [1.82, 2.24) is 0 Å². The van der Waals surface area contributed by atoms with Crippen LogP contribution in [0.15, 0.2) is 16.6 Å². The summed E-state index contributed by atoms with van der Waals surface area (Å²) in [5, 5.41) is 0. The van der Waals surface area contributed by atoms with E-state index in [9.17, 15) is 8.42 Å². The highest BCUT2D eigenvalue weighted by Crippen LogP contribution is 2.44. The smallest absolute Gasteiger partial charge is 0.229 e. The van der Waals surface area contributed by atoms with Crippen molar-refractivity contribution in [2.24, 2.45) is 5.92 Å². The summed E-state index contributed by atoms with van der Waals surface area (Å²) in [5.41, 5.74) is 1.44. The molecule has 0 spiro atoms. The number of halogens is 1. The highest BCUT2D eigenvalue weighted by atomic mass is 79.9. The van der Waals surface area contributed by atoms with Gasteiger partial charge in [-0.1, -0.05) is 15.9 Å². The highest BCUT2D eigenvalue weighted by molar-refractivity contribution is 9.10. The number of anilines is 2. The van der Waals surface area contributed by atoms with E-state index in [1.807, 2.05) is 6.07 Å². The van der Waals surface area contributed by atoms with Crippen molar-refractivity contribution in [2.45, 2.75) is 12.8 Å². The van der Waals surface area contributed by atoms with E-state index in [4.69, 9.17) is 4.74 Å². The highest BCUT2D eigenvalue weighted by Gasteiger charge is 2.30. The number of ether oxygens (including phenoxy) is 1. The summed E-state index contributed by atoms with van der Waals surface area (Å²) >= 11 is 3.42. The van der Waals surface area contributed by atoms with Gasteiger partial charge in [0, 0.05) is 11.0 Å². The average Bonchev–Trinajstić information content (AvgIpc) is 2.98. The zero-order valence-corrected chi connectivity index (χ0v) is 12.9. The van der Waals surface area contributed by atoms with Gasteiger partial charge in [0.25, 0.3) is 0 Å². The minimum atomic E-state index is -3.31. The first kappa shape index (κ1) is 13.1. The Labute approximate surface area is 121 Å². The Hall–Kier alpha value is -0.950. The Bertz CT molecular complexity index is 614. The third kappa shape index (κ3) is 2.97. The molecular weight excluding hydrogens is 332 g/mol.